The minimum Gasteiger partial charge on any atom is -0.326 e. The van der Waals surface area contributed by atoms with Crippen LogP contribution in [0.15, 0.2) is 36.4 Å². The number of allylic oxidation sites excluding steroid dienone is 2. The Morgan fingerprint density at radius 1 is 0.955 bits per heavy atom. The summed E-state index contributed by atoms with van der Waals surface area (Å²) in [6, 6.07) is 7.42. The third-order valence-corrected chi connectivity index (χ3v) is 4.96. The van der Waals surface area contributed by atoms with Crippen molar-refractivity contribution in [1.29, 1.82) is 0 Å². The molecule has 0 spiro atoms. The van der Waals surface area contributed by atoms with E-state index in [9.17, 15) is 9.59 Å². The summed E-state index contributed by atoms with van der Waals surface area (Å²) >= 11 is 0. The first kappa shape index (κ1) is 13.6. The number of benzene rings is 1. The van der Waals surface area contributed by atoms with Gasteiger partial charge in [0.1, 0.15) is 0 Å². The SMILES string of the molecule is O=C(Nc1cccc(NC(=O)[C@@H]2C[C@H]3C=C[C@H]2C3)c1)C1CC1. The van der Waals surface area contributed by atoms with Crippen molar-refractivity contribution >= 4 is 23.2 Å². The highest BCUT2D eigenvalue weighted by Crippen LogP contribution is 2.43. The zero-order chi connectivity index (χ0) is 15.1. The second kappa shape index (κ2) is 5.27. The number of carbonyl (C=O) groups is 2. The van der Waals surface area contributed by atoms with Crippen molar-refractivity contribution in [3.05, 3.63) is 36.4 Å². The van der Waals surface area contributed by atoms with Crippen molar-refractivity contribution in [3.63, 3.8) is 0 Å². The maximum atomic E-state index is 12.4. The summed E-state index contributed by atoms with van der Waals surface area (Å²) in [6.07, 6.45) is 8.48. The van der Waals surface area contributed by atoms with Gasteiger partial charge in [0.05, 0.1) is 0 Å². The molecule has 1 aromatic carbocycles. The molecule has 3 aliphatic rings. The van der Waals surface area contributed by atoms with Crippen molar-refractivity contribution in [2.75, 3.05) is 10.6 Å². The van der Waals surface area contributed by atoms with Crippen LogP contribution in [0.4, 0.5) is 11.4 Å². The van der Waals surface area contributed by atoms with Crippen LogP contribution >= 0.6 is 0 Å². The van der Waals surface area contributed by atoms with E-state index in [0.717, 1.165) is 37.1 Å². The fraction of sp³-hybridized carbons (Fsp3) is 0.444. The highest BCUT2D eigenvalue weighted by Gasteiger charge is 2.39. The van der Waals surface area contributed by atoms with E-state index in [1.807, 2.05) is 24.3 Å². The number of carbonyl (C=O) groups excluding carboxylic acids is 2. The topological polar surface area (TPSA) is 58.2 Å². The highest BCUT2D eigenvalue weighted by atomic mass is 16.2. The predicted molar refractivity (Wildman–Crippen MR) is 85.3 cm³/mol. The van der Waals surface area contributed by atoms with E-state index in [-0.39, 0.29) is 23.7 Å². The van der Waals surface area contributed by atoms with Gasteiger partial charge in [-0.3, -0.25) is 9.59 Å². The number of amides is 2. The normalized spacial score (nSPS) is 28.6. The summed E-state index contributed by atoms with van der Waals surface area (Å²) in [4.78, 5) is 24.2. The third-order valence-electron chi connectivity index (χ3n) is 4.96. The quantitative estimate of drug-likeness (QED) is 0.838. The number of fused-ring (bicyclic) bond motifs is 2. The zero-order valence-corrected chi connectivity index (χ0v) is 12.4. The van der Waals surface area contributed by atoms with Crippen molar-refractivity contribution in [2.24, 2.45) is 23.7 Å². The Morgan fingerprint density at radius 2 is 1.68 bits per heavy atom. The van der Waals surface area contributed by atoms with Gasteiger partial charge in [0.15, 0.2) is 0 Å². The molecule has 0 aromatic heterocycles. The molecule has 0 aliphatic heterocycles. The Kier molecular flexibility index (Phi) is 3.25. The molecular weight excluding hydrogens is 276 g/mol. The van der Waals surface area contributed by atoms with Crippen LogP contribution in [0.25, 0.3) is 0 Å². The number of hydrogen-bond acceptors (Lipinski definition) is 2. The van der Waals surface area contributed by atoms with Gasteiger partial charge in [-0.05, 0) is 55.7 Å². The monoisotopic (exact) mass is 296 g/mol. The maximum Gasteiger partial charge on any atom is 0.228 e. The molecule has 0 unspecified atom stereocenters. The van der Waals surface area contributed by atoms with Crippen LogP contribution in [0.2, 0.25) is 0 Å². The molecule has 2 amide bonds. The molecule has 2 N–H and O–H groups in total. The summed E-state index contributed by atoms with van der Waals surface area (Å²) in [5, 5.41) is 5.92. The lowest BCUT2D eigenvalue weighted by atomic mass is 9.93. The fourth-order valence-electron chi connectivity index (χ4n) is 3.58. The number of anilines is 2. The fourth-order valence-corrected chi connectivity index (χ4v) is 3.58. The highest BCUT2D eigenvalue weighted by molar-refractivity contribution is 5.96. The molecule has 114 valence electrons. The van der Waals surface area contributed by atoms with Crippen molar-refractivity contribution in [1.82, 2.24) is 0 Å². The lowest BCUT2D eigenvalue weighted by Gasteiger charge is -2.18. The summed E-state index contributed by atoms with van der Waals surface area (Å²) < 4.78 is 0. The average molecular weight is 296 g/mol. The maximum absolute atomic E-state index is 12.4. The van der Waals surface area contributed by atoms with E-state index in [1.165, 1.54) is 0 Å². The Morgan fingerprint density at radius 3 is 2.27 bits per heavy atom. The van der Waals surface area contributed by atoms with Gasteiger partial charge in [-0.1, -0.05) is 18.2 Å². The van der Waals surface area contributed by atoms with Gasteiger partial charge in [-0.15, -0.1) is 0 Å². The first-order valence-corrected chi connectivity index (χ1v) is 8.09. The molecule has 2 saturated carbocycles. The Labute approximate surface area is 130 Å². The molecule has 4 nitrogen and oxygen atoms in total. The van der Waals surface area contributed by atoms with Gasteiger partial charge in [-0.25, -0.2) is 0 Å². The van der Waals surface area contributed by atoms with Gasteiger partial charge in [0.25, 0.3) is 0 Å². The van der Waals surface area contributed by atoms with Crippen molar-refractivity contribution in [2.45, 2.75) is 25.7 Å². The molecule has 4 rings (SSSR count). The van der Waals surface area contributed by atoms with Crippen LogP contribution in [0.3, 0.4) is 0 Å². The largest absolute Gasteiger partial charge is 0.326 e. The van der Waals surface area contributed by atoms with Gasteiger partial charge >= 0.3 is 0 Å². The van der Waals surface area contributed by atoms with Gasteiger partial charge < -0.3 is 10.6 Å². The predicted octanol–water partition coefficient (Wildman–Crippen LogP) is 3.19. The van der Waals surface area contributed by atoms with Crippen LogP contribution < -0.4 is 10.6 Å². The summed E-state index contributed by atoms with van der Waals surface area (Å²) in [5.74, 6) is 1.45. The van der Waals surface area contributed by atoms with E-state index in [0.29, 0.717) is 11.8 Å². The number of hydrogen-bond donors (Lipinski definition) is 2. The van der Waals surface area contributed by atoms with Crippen molar-refractivity contribution < 1.29 is 9.59 Å². The van der Waals surface area contributed by atoms with E-state index in [2.05, 4.69) is 22.8 Å². The summed E-state index contributed by atoms with van der Waals surface area (Å²) in [7, 11) is 0. The Hall–Kier alpha value is -2.10. The van der Waals surface area contributed by atoms with E-state index >= 15 is 0 Å². The number of rotatable bonds is 4. The van der Waals surface area contributed by atoms with Crippen LogP contribution in [0.5, 0.6) is 0 Å². The zero-order valence-electron chi connectivity index (χ0n) is 12.4. The van der Waals surface area contributed by atoms with E-state index < -0.39 is 0 Å². The molecule has 2 bridgehead atoms. The molecule has 2 fully saturated rings. The smallest absolute Gasteiger partial charge is 0.228 e. The Balaban J connectivity index is 1.41. The third kappa shape index (κ3) is 2.65. The lowest BCUT2D eigenvalue weighted by Crippen LogP contribution is -2.26. The van der Waals surface area contributed by atoms with E-state index in [4.69, 9.17) is 0 Å². The standard InChI is InChI=1S/C18H20N2O2/c21-17(12-6-7-12)19-14-2-1-3-15(10-14)20-18(22)16-9-11-4-5-13(16)8-11/h1-5,10-13,16H,6-9H2,(H,19,21)(H,20,22)/t11-,13-,16+/m0/s1. The first-order chi connectivity index (χ1) is 10.7. The van der Waals surface area contributed by atoms with Crippen molar-refractivity contribution in [3.8, 4) is 0 Å². The average Bonchev–Trinajstić information content (AvgIpc) is 3.15. The minimum atomic E-state index is 0.0849. The van der Waals surface area contributed by atoms with Crippen LogP contribution in [0, 0.1) is 23.7 Å². The molecule has 0 heterocycles. The lowest BCUT2D eigenvalue weighted by molar-refractivity contribution is -0.120. The molecule has 3 atom stereocenters. The van der Waals surface area contributed by atoms with Gasteiger partial charge in [0, 0.05) is 23.2 Å². The molecule has 4 heteroatoms. The molecular formula is C18H20N2O2. The first-order valence-electron chi connectivity index (χ1n) is 8.09. The second-order valence-corrected chi connectivity index (χ2v) is 6.72. The minimum absolute atomic E-state index is 0.0849. The molecule has 3 aliphatic carbocycles. The Bertz CT molecular complexity index is 648. The van der Waals surface area contributed by atoms with Crippen LogP contribution in [-0.4, -0.2) is 11.8 Å². The molecule has 1 aromatic rings. The number of nitrogens with one attached hydrogen (secondary N) is 2. The second-order valence-electron chi connectivity index (χ2n) is 6.72. The van der Waals surface area contributed by atoms with E-state index in [1.54, 1.807) is 0 Å². The summed E-state index contributed by atoms with van der Waals surface area (Å²) in [6.45, 7) is 0. The molecule has 22 heavy (non-hydrogen) atoms. The van der Waals surface area contributed by atoms with Gasteiger partial charge in [0.2, 0.25) is 11.8 Å². The van der Waals surface area contributed by atoms with Crippen LogP contribution in [0.1, 0.15) is 25.7 Å². The van der Waals surface area contributed by atoms with Gasteiger partial charge in [-0.2, -0.15) is 0 Å². The molecule has 0 saturated heterocycles. The molecule has 0 radical (unpaired) electrons. The summed E-state index contributed by atoms with van der Waals surface area (Å²) in [5.41, 5.74) is 1.51. The van der Waals surface area contributed by atoms with Crippen LogP contribution in [-0.2, 0) is 9.59 Å².